The summed E-state index contributed by atoms with van der Waals surface area (Å²) in [5.41, 5.74) is 0. The number of hydrogen-bond acceptors (Lipinski definition) is 3. The van der Waals surface area contributed by atoms with E-state index in [0.717, 1.165) is 12.8 Å². The minimum atomic E-state index is -1.19. The molecule has 13 heavy (non-hydrogen) atoms. The van der Waals surface area contributed by atoms with E-state index >= 15 is 0 Å². The number of hydrogen-bond donors (Lipinski definition) is 1. The van der Waals surface area contributed by atoms with Gasteiger partial charge in [0, 0.05) is 0 Å². The van der Waals surface area contributed by atoms with E-state index in [9.17, 15) is 9.90 Å². The van der Waals surface area contributed by atoms with Gasteiger partial charge in [0.25, 0.3) is 0 Å². The molecule has 0 aromatic carbocycles. The maximum absolute atomic E-state index is 11.0. The number of rotatable bonds is 6. The number of aliphatic hydroxyl groups is 1. The van der Waals surface area contributed by atoms with Crippen molar-refractivity contribution in [3.8, 4) is 0 Å². The molecule has 0 spiro atoms. The van der Waals surface area contributed by atoms with Crippen molar-refractivity contribution in [2.24, 2.45) is 0 Å². The maximum atomic E-state index is 11.0. The molecule has 78 valence electrons. The van der Waals surface area contributed by atoms with Crippen LogP contribution in [0.1, 0.15) is 33.1 Å². The lowest BCUT2D eigenvalue weighted by Crippen LogP contribution is -2.32. The second-order valence-corrected chi connectivity index (χ2v) is 3.42. The Morgan fingerprint density at radius 1 is 1.54 bits per heavy atom. The fraction of sp³-hybridized carbons (Fsp3) is 0.889. The van der Waals surface area contributed by atoms with Gasteiger partial charge in [-0.05, 0) is 13.3 Å². The zero-order chi connectivity index (χ0) is 10.3. The maximum Gasteiger partial charge on any atom is 0.336 e. The van der Waals surface area contributed by atoms with Crippen LogP contribution in [0.5, 0.6) is 0 Å². The molecular formula is C9H17ClO3. The smallest absolute Gasteiger partial charge is 0.336 e. The standard InChI is InChI=1S/C9H17ClO3/c1-3-5-6-7(10)8(11)9(12)13-4-2/h7-8,11H,3-6H2,1-2H3/t7-,8-/m1/s1. The Morgan fingerprint density at radius 3 is 2.62 bits per heavy atom. The van der Waals surface area contributed by atoms with Gasteiger partial charge in [0.2, 0.25) is 0 Å². The molecule has 4 heteroatoms. The van der Waals surface area contributed by atoms with Gasteiger partial charge in [-0.3, -0.25) is 0 Å². The summed E-state index contributed by atoms with van der Waals surface area (Å²) < 4.78 is 4.63. The van der Waals surface area contributed by atoms with Crippen LogP contribution in [0.15, 0.2) is 0 Å². The monoisotopic (exact) mass is 208 g/mol. The fourth-order valence-corrected chi connectivity index (χ4v) is 1.19. The van der Waals surface area contributed by atoms with Gasteiger partial charge >= 0.3 is 5.97 Å². The average Bonchev–Trinajstić information content (AvgIpc) is 2.13. The number of carbonyl (C=O) groups excluding carboxylic acids is 1. The van der Waals surface area contributed by atoms with Gasteiger partial charge in [0.05, 0.1) is 12.0 Å². The second-order valence-electron chi connectivity index (χ2n) is 2.86. The van der Waals surface area contributed by atoms with Crippen LogP contribution in [0.2, 0.25) is 0 Å². The number of alkyl halides is 1. The van der Waals surface area contributed by atoms with Crippen LogP contribution in [-0.4, -0.2) is 29.2 Å². The van der Waals surface area contributed by atoms with Crippen LogP contribution in [0.3, 0.4) is 0 Å². The lowest BCUT2D eigenvalue weighted by atomic mass is 10.1. The van der Waals surface area contributed by atoms with Crippen molar-refractivity contribution in [2.75, 3.05) is 6.61 Å². The molecule has 0 unspecified atom stereocenters. The Balaban J connectivity index is 3.79. The summed E-state index contributed by atoms with van der Waals surface area (Å²) in [5.74, 6) is -0.626. The predicted octanol–water partition coefficient (Wildman–Crippen LogP) is 1.71. The third-order valence-electron chi connectivity index (χ3n) is 1.70. The predicted molar refractivity (Wildman–Crippen MR) is 51.8 cm³/mol. The highest BCUT2D eigenvalue weighted by Gasteiger charge is 2.24. The lowest BCUT2D eigenvalue weighted by molar-refractivity contribution is -0.153. The number of unbranched alkanes of at least 4 members (excludes halogenated alkanes) is 1. The molecule has 1 N–H and O–H groups in total. The molecule has 3 nitrogen and oxygen atoms in total. The van der Waals surface area contributed by atoms with E-state index in [1.165, 1.54) is 0 Å². The van der Waals surface area contributed by atoms with E-state index in [-0.39, 0.29) is 6.61 Å². The van der Waals surface area contributed by atoms with Gasteiger partial charge < -0.3 is 9.84 Å². The van der Waals surface area contributed by atoms with Crippen LogP contribution >= 0.6 is 11.6 Å². The first-order valence-corrected chi connectivity index (χ1v) is 5.05. The third kappa shape index (κ3) is 5.11. The van der Waals surface area contributed by atoms with Crippen LogP contribution in [0, 0.1) is 0 Å². The minimum absolute atomic E-state index is 0.271. The molecular weight excluding hydrogens is 192 g/mol. The average molecular weight is 209 g/mol. The first kappa shape index (κ1) is 12.7. The summed E-state index contributed by atoms with van der Waals surface area (Å²) >= 11 is 5.79. The van der Waals surface area contributed by atoms with Crippen molar-refractivity contribution in [1.29, 1.82) is 0 Å². The highest BCUT2D eigenvalue weighted by Crippen LogP contribution is 2.12. The quantitative estimate of drug-likeness (QED) is 0.534. The summed E-state index contributed by atoms with van der Waals surface area (Å²) in [6, 6.07) is 0. The summed E-state index contributed by atoms with van der Waals surface area (Å²) in [6.07, 6.45) is 1.36. The van der Waals surface area contributed by atoms with Gasteiger partial charge in [-0.25, -0.2) is 4.79 Å². The summed E-state index contributed by atoms with van der Waals surface area (Å²) in [6.45, 7) is 3.99. The van der Waals surface area contributed by atoms with Crippen molar-refractivity contribution in [1.82, 2.24) is 0 Å². The van der Waals surface area contributed by atoms with Crippen LogP contribution < -0.4 is 0 Å². The van der Waals surface area contributed by atoms with Crippen molar-refractivity contribution in [3.05, 3.63) is 0 Å². The molecule has 0 aliphatic heterocycles. The molecule has 0 aromatic heterocycles. The third-order valence-corrected chi connectivity index (χ3v) is 2.16. The Hall–Kier alpha value is -0.280. The Morgan fingerprint density at radius 2 is 2.15 bits per heavy atom. The molecule has 0 heterocycles. The van der Waals surface area contributed by atoms with Crippen LogP contribution in [0.25, 0.3) is 0 Å². The Bertz CT molecular complexity index is 150. The molecule has 0 fully saturated rings. The van der Waals surface area contributed by atoms with E-state index in [1.807, 2.05) is 6.92 Å². The molecule has 0 aromatic rings. The molecule has 0 bridgehead atoms. The Labute approximate surface area is 84.0 Å². The van der Waals surface area contributed by atoms with Gasteiger partial charge in [-0.1, -0.05) is 19.8 Å². The number of ether oxygens (including phenoxy) is 1. The molecule has 0 saturated heterocycles. The fourth-order valence-electron chi connectivity index (χ4n) is 0.932. The van der Waals surface area contributed by atoms with Crippen LogP contribution in [0.4, 0.5) is 0 Å². The molecule has 0 radical (unpaired) electrons. The SMILES string of the molecule is CCCC[C@@H](Cl)[C@@H](O)C(=O)OCC. The topological polar surface area (TPSA) is 46.5 Å². The zero-order valence-corrected chi connectivity index (χ0v) is 8.88. The van der Waals surface area contributed by atoms with Gasteiger partial charge in [0.1, 0.15) is 0 Å². The molecule has 2 atom stereocenters. The number of halogens is 1. The highest BCUT2D eigenvalue weighted by atomic mass is 35.5. The molecule has 0 aliphatic rings. The number of aliphatic hydroxyl groups excluding tert-OH is 1. The summed E-state index contributed by atoms with van der Waals surface area (Å²) in [4.78, 5) is 11.0. The summed E-state index contributed by atoms with van der Waals surface area (Å²) in [5, 5.41) is 8.81. The van der Waals surface area contributed by atoms with E-state index in [4.69, 9.17) is 11.6 Å². The first-order chi connectivity index (χ1) is 6.13. The van der Waals surface area contributed by atoms with E-state index in [2.05, 4.69) is 4.74 Å². The van der Waals surface area contributed by atoms with E-state index in [1.54, 1.807) is 6.92 Å². The normalized spacial score (nSPS) is 15.1. The van der Waals surface area contributed by atoms with Gasteiger partial charge in [-0.2, -0.15) is 0 Å². The van der Waals surface area contributed by atoms with E-state index in [0.29, 0.717) is 6.42 Å². The molecule has 0 amide bonds. The second kappa shape index (κ2) is 7.15. The number of carbonyl (C=O) groups is 1. The van der Waals surface area contributed by atoms with Crippen molar-refractivity contribution < 1.29 is 14.6 Å². The molecule has 0 aliphatic carbocycles. The van der Waals surface area contributed by atoms with Crippen molar-refractivity contribution in [2.45, 2.75) is 44.6 Å². The lowest BCUT2D eigenvalue weighted by Gasteiger charge is -2.14. The Kier molecular flexibility index (Phi) is 7.00. The van der Waals surface area contributed by atoms with Gasteiger partial charge in [0.15, 0.2) is 6.10 Å². The van der Waals surface area contributed by atoms with Crippen LogP contribution in [-0.2, 0) is 9.53 Å². The minimum Gasteiger partial charge on any atom is -0.464 e. The van der Waals surface area contributed by atoms with Gasteiger partial charge in [-0.15, -0.1) is 11.6 Å². The molecule has 0 rings (SSSR count). The zero-order valence-electron chi connectivity index (χ0n) is 8.12. The first-order valence-electron chi connectivity index (χ1n) is 4.62. The largest absolute Gasteiger partial charge is 0.464 e. The van der Waals surface area contributed by atoms with Crippen molar-refractivity contribution in [3.63, 3.8) is 0 Å². The highest BCUT2D eigenvalue weighted by molar-refractivity contribution is 6.22. The summed E-state index contributed by atoms with van der Waals surface area (Å²) in [7, 11) is 0. The molecule has 0 saturated carbocycles. The van der Waals surface area contributed by atoms with Crippen molar-refractivity contribution >= 4 is 17.6 Å². The number of esters is 1. The van der Waals surface area contributed by atoms with E-state index < -0.39 is 17.5 Å².